The smallest absolute Gasteiger partial charge is 0.164 e. The predicted molar refractivity (Wildman–Crippen MR) is 267 cm³/mol. The number of furan rings is 1. The van der Waals surface area contributed by atoms with E-state index >= 15 is 0 Å². The van der Waals surface area contributed by atoms with Crippen molar-refractivity contribution in [3.8, 4) is 45.5 Å². The number of fused-ring (bicyclic) bond motifs is 13. The van der Waals surface area contributed by atoms with Gasteiger partial charge in [0, 0.05) is 65.5 Å². The monoisotopic (exact) mass is 829 g/mol. The summed E-state index contributed by atoms with van der Waals surface area (Å²) in [6, 6.07) is 74.9. The molecule has 4 aromatic heterocycles. The van der Waals surface area contributed by atoms with Crippen LogP contribution in [0.2, 0.25) is 0 Å². The Hall–Kier alpha value is -8.87. The number of hydrogen-bond donors (Lipinski definition) is 0. The number of para-hydroxylation sites is 3. The zero-order chi connectivity index (χ0) is 42.6. The predicted octanol–water partition coefficient (Wildman–Crippen LogP) is 15.3. The average molecular weight is 830 g/mol. The number of nitrogens with zero attached hydrogens (tertiary/aromatic N) is 5. The quantitative estimate of drug-likeness (QED) is 0.173. The molecule has 0 radical (unpaired) electrons. The van der Waals surface area contributed by atoms with E-state index in [1.807, 2.05) is 24.3 Å². The normalized spacial score (nSPS) is 12.0. The van der Waals surface area contributed by atoms with Crippen LogP contribution in [0.5, 0.6) is 0 Å². The molecule has 10 aromatic carbocycles. The summed E-state index contributed by atoms with van der Waals surface area (Å²) in [5.74, 6) is 1.81. The molecular formula is C59H35N5O. The third-order valence-corrected chi connectivity index (χ3v) is 13.1. The minimum absolute atomic E-state index is 0.582. The Kier molecular flexibility index (Phi) is 7.59. The molecule has 0 amide bonds. The molecule has 0 bridgehead atoms. The molecule has 0 aliphatic carbocycles. The molecule has 0 unspecified atom stereocenters. The highest BCUT2D eigenvalue weighted by Gasteiger charge is 2.24. The third kappa shape index (κ3) is 5.31. The van der Waals surface area contributed by atoms with Crippen molar-refractivity contribution in [3.63, 3.8) is 0 Å². The van der Waals surface area contributed by atoms with Gasteiger partial charge in [0.1, 0.15) is 11.2 Å². The fourth-order valence-electron chi connectivity index (χ4n) is 10.3. The van der Waals surface area contributed by atoms with Crippen LogP contribution in [0.4, 0.5) is 0 Å². The van der Waals surface area contributed by atoms with E-state index in [1.54, 1.807) is 0 Å². The molecule has 0 aliphatic rings. The summed E-state index contributed by atoms with van der Waals surface area (Å²) in [5.41, 5.74) is 11.2. The molecule has 65 heavy (non-hydrogen) atoms. The molecule has 0 spiro atoms. The van der Waals surface area contributed by atoms with Gasteiger partial charge in [-0.05, 0) is 65.4 Å². The summed E-state index contributed by atoms with van der Waals surface area (Å²) in [4.78, 5) is 15.6. The second-order valence-corrected chi connectivity index (χ2v) is 16.7. The first-order chi connectivity index (χ1) is 32.2. The molecule has 0 N–H and O–H groups in total. The number of hydrogen-bond acceptors (Lipinski definition) is 4. The van der Waals surface area contributed by atoms with Gasteiger partial charge in [-0.2, -0.15) is 0 Å². The van der Waals surface area contributed by atoms with Gasteiger partial charge in [-0.25, -0.2) is 15.0 Å². The van der Waals surface area contributed by atoms with Crippen LogP contribution in [0.3, 0.4) is 0 Å². The Morgan fingerprint density at radius 2 is 0.923 bits per heavy atom. The van der Waals surface area contributed by atoms with E-state index in [-0.39, 0.29) is 0 Å². The fourth-order valence-corrected chi connectivity index (χ4v) is 10.3. The topological polar surface area (TPSA) is 61.7 Å². The van der Waals surface area contributed by atoms with E-state index in [0.29, 0.717) is 17.5 Å². The van der Waals surface area contributed by atoms with Gasteiger partial charge in [0.2, 0.25) is 0 Å². The van der Waals surface area contributed by atoms with E-state index in [1.165, 1.54) is 32.6 Å². The molecule has 0 atom stereocenters. The number of benzene rings is 10. The Morgan fingerprint density at radius 3 is 1.68 bits per heavy atom. The van der Waals surface area contributed by atoms with Crippen molar-refractivity contribution in [2.45, 2.75) is 0 Å². The van der Waals surface area contributed by atoms with Gasteiger partial charge < -0.3 is 13.6 Å². The van der Waals surface area contributed by atoms with Crippen molar-refractivity contribution >= 4 is 87.1 Å². The molecule has 14 rings (SSSR count). The maximum Gasteiger partial charge on any atom is 0.164 e. The highest BCUT2D eigenvalue weighted by atomic mass is 16.3. The van der Waals surface area contributed by atoms with E-state index in [0.717, 1.165) is 82.6 Å². The molecule has 4 heterocycles. The summed E-state index contributed by atoms with van der Waals surface area (Å²) in [7, 11) is 0. The van der Waals surface area contributed by atoms with Gasteiger partial charge in [-0.3, -0.25) is 0 Å². The van der Waals surface area contributed by atoms with Gasteiger partial charge in [0.25, 0.3) is 0 Å². The zero-order valence-corrected chi connectivity index (χ0v) is 34.9. The van der Waals surface area contributed by atoms with Crippen molar-refractivity contribution in [3.05, 3.63) is 212 Å². The molecule has 302 valence electrons. The average Bonchev–Trinajstić information content (AvgIpc) is 4.04. The van der Waals surface area contributed by atoms with E-state index < -0.39 is 0 Å². The molecule has 14 aromatic rings. The van der Waals surface area contributed by atoms with Gasteiger partial charge in [0.15, 0.2) is 17.5 Å². The largest absolute Gasteiger partial charge is 0.455 e. The lowest BCUT2D eigenvalue weighted by Gasteiger charge is -2.13. The molecule has 0 saturated heterocycles. The minimum atomic E-state index is 0.582. The van der Waals surface area contributed by atoms with Crippen molar-refractivity contribution in [1.82, 2.24) is 24.1 Å². The Morgan fingerprint density at radius 1 is 0.338 bits per heavy atom. The molecule has 6 nitrogen and oxygen atoms in total. The van der Waals surface area contributed by atoms with Crippen LogP contribution in [0, 0.1) is 0 Å². The van der Waals surface area contributed by atoms with E-state index in [2.05, 4.69) is 197 Å². The van der Waals surface area contributed by atoms with Crippen molar-refractivity contribution < 1.29 is 4.42 Å². The Bertz CT molecular complexity index is 4240. The SMILES string of the molecule is c1ccc(-c2nc(-c3ccc4ccccc4c3)nc(-c3cccc4oc5c6ccccc6c(-n6c7ccccc7c7c8c9ccccc9n(-c9ccccc9)c8ccc76)cc5c34)n2)cc1. The summed E-state index contributed by atoms with van der Waals surface area (Å²) in [5, 5.41) is 11.3. The van der Waals surface area contributed by atoms with Crippen molar-refractivity contribution in [2.75, 3.05) is 0 Å². The number of aromatic nitrogens is 5. The van der Waals surface area contributed by atoms with Crippen LogP contribution in [-0.4, -0.2) is 24.1 Å². The van der Waals surface area contributed by atoms with Crippen LogP contribution in [-0.2, 0) is 0 Å². The highest BCUT2D eigenvalue weighted by molar-refractivity contribution is 6.30. The molecule has 0 aliphatic heterocycles. The summed E-state index contributed by atoms with van der Waals surface area (Å²) >= 11 is 0. The second kappa shape index (κ2) is 13.8. The third-order valence-electron chi connectivity index (χ3n) is 13.1. The molecule has 0 saturated carbocycles. The lowest BCUT2D eigenvalue weighted by atomic mass is 10.0. The van der Waals surface area contributed by atoms with Gasteiger partial charge in [-0.1, -0.05) is 158 Å². The minimum Gasteiger partial charge on any atom is -0.455 e. The first-order valence-electron chi connectivity index (χ1n) is 21.9. The van der Waals surface area contributed by atoms with E-state index in [9.17, 15) is 0 Å². The lowest BCUT2D eigenvalue weighted by molar-refractivity contribution is 0.672. The standard InChI is InChI=1S/C59H35N5O/c1-3-17-37(18-4-1)57-60-58(39-31-30-36-16-7-8-19-38(36)34-39)62-59(61-57)45-26-15-29-52-53(45)46-35-51(41-22-9-10-23-42(41)56(46)65-52)64-48-28-14-12-25-44(48)55-50(64)33-32-49-54(55)43-24-11-13-27-47(43)63(49)40-20-5-2-6-21-40/h1-35H. The van der Waals surface area contributed by atoms with Gasteiger partial charge in [0.05, 0.1) is 27.8 Å². The van der Waals surface area contributed by atoms with Crippen LogP contribution in [0.15, 0.2) is 217 Å². The summed E-state index contributed by atoms with van der Waals surface area (Å²) < 4.78 is 11.8. The number of rotatable bonds is 5. The van der Waals surface area contributed by atoms with Crippen molar-refractivity contribution in [1.29, 1.82) is 0 Å². The Labute approximate surface area is 371 Å². The van der Waals surface area contributed by atoms with Crippen LogP contribution in [0.25, 0.3) is 133 Å². The van der Waals surface area contributed by atoms with Crippen molar-refractivity contribution in [2.24, 2.45) is 0 Å². The van der Waals surface area contributed by atoms with E-state index in [4.69, 9.17) is 19.4 Å². The molecule has 6 heteroatoms. The molecule has 0 fully saturated rings. The second-order valence-electron chi connectivity index (χ2n) is 16.7. The van der Waals surface area contributed by atoms with Crippen LogP contribution >= 0.6 is 0 Å². The summed E-state index contributed by atoms with van der Waals surface area (Å²) in [6.45, 7) is 0. The Balaban J connectivity index is 1.06. The first kappa shape index (κ1) is 35.7. The fraction of sp³-hybridized carbons (Fsp3) is 0. The van der Waals surface area contributed by atoms with Gasteiger partial charge >= 0.3 is 0 Å². The zero-order valence-electron chi connectivity index (χ0n) is 34.9. The maximum absolute atomic E-state index is 6.92. The molecular weight excluding hydrogens is 795 g/mol. The highest BCUT2D eigenvalue weighted by Crippen LogP contribution is 2.46. The maximum atomic E-state index is 6.92. The van der Waals surface area contributed by atoms with Gasteiger partial charge in [-0.15, -0.1) is 0 Å². The first-order valence-corrected chi connectivity index (χ1v) is 21.9. The van der Waals surface area contributed by atoms with Crippen LogP contribution < -0.4 is 0 Å². The van der Waals surface area contributed by atoms with Crippen LogP contribution in [0.1, 0.15) is 0 Å². The summed E-state index contributed by atoms with van der Waals surface area (Å²) in [6.07, 6.45) is 0. The lowest BCUT2D eigenvalue weighted by Crippen LogP contribution is -2.00.